The lowest BCUT2D eigenvalue weighted by Gasteiger charge is -2.11. The van der Waals surface area contributed by atoms with Crippen LogP contribution in [0.2, 0.25) is 0 Å². The second kappa shape index (κ2) is 10.9. The summed E-state index contributed by atoms with van der Waals surface area (Å²) in [7, 11) is 0. The van der Waals surface area contributed by atoms with Gasteiger partial charge in [0, 0.05) is 52.4 Å². The lowest BCUT2D eigenvalue weighted by Crippen LogP contribution is -2.19. The molecule has 9 nitrogen and oxygen atoms in total. The summed E-state index contributed by atoms with van der Waals surface area (Å²) in [4.78, 5) is 53.6. The molecule has 1 aliphatic heterocycles. The molecule has 0 radical (unpaired) electrons. The van der Waals surface area contributed by atoms with E-state index in [1.165, 1.54) is 24.3 Å². The smallest absolute Gasteiger partial charge is 0.323 e. The van der Waals surface area contributed by atoms with Gasteiger partial charge in [0.15, 0.2) is 5.78 Å². The maximum Gasteiger partial charge on any atom is 0.323 e. The van der Waals surface area contributed by atoms with Gasteiger partial charge in [0.2, 0.25) is 0 Å². The highest BCUT2D eigenvalue weighted by Gasteiger charge is 2.29. The van der Waals surface area contributed by atoms with Gasteiger partial charge in [-0.1, -0.05) is 0 Å². The zero-order chi connectivity index (χ0) is 27.5. The molecule has 0 atom stereocenters. The fourth-order valence-corrected chi connectivity index (χ4v) is 4.92. The normalized spacial score (nSPS) is 15.0. The first-order chi connectivity index (χ1) is 18.8. The Labute approximate surface area is 223 Å². The number of rotatable bonds is 7. The number of amides is 3. The standard InChI is InChI=1S/C29H27FN4O5/c1-2-39-26(36)13-11-19-24(33-23-4-3-5-25(35)27(19)23)15-21-20-14-18(10-12-22(20)34-28(21)37)32-29(38)31-17-8-6-16(30)7-9-17/h6-10,12,14-15,33H,2-5,11,13H2,1H3,(H,34,37)(H2,31,32,38). The van der Waals surface area contributed by atoms with Crippen LogP contribution in [0.4, 0.5) is 26.2 Å². The van der Waals surface area contributed by atoms with Crippen molar-refractivity contribution in [2.45, 2.75) is 39.0 Å². The van der Waals surface area contributed by atoms with Crippen molar-refractivity contribution in [1.82, 2.24) is 4.98 Å². The third kappa shape index (κ3) is 5.59. The van der Waals surface area contributed by atoms with Gasteiger partial charge in [0.1, 0.15) is 5.82 Å². The Morgan fingerprint density at radius 3 is 2.56 bits per heavy atom. The van der Waals surface area contributed by atoms with E-state index >= 15 is 0 Å². The number of esters is 1. The number of halogens is 1. The van der Waals surface area contributed by atoms with E-state index in [1.807, 2.05) is 0 Å². The number of anilines is 3. The number of carbonyl (C=O) groups is 4. The number of hydrogen-bond donors (Lipinski definition) is 4. The Morgan fingerprint density at radius 1 is 1.05 bits per heavy atom. The molecule has 2 aromatic carbocycles. The summed E-state index contributed by atoms with van der Waals surface area (Å²) in [5, 5.41) is 8.17. The van der Waals surface area contributed by atoms with E-state index in [0.717, 1.165) is 12.1 Å². The minimum absolute atomic E-state index is 0.0194. The molecule has 2 aliphatic rings. The van der Waals surface area contributed by atoms with Crippen LogP contribution in [0.15, 0.2) is 42.5 Å². The number of ether oxygens (including phenoxy) is 1. The lowest BCUT2D eigenvalue weighted by molar-refractivity contribution is -0.143. The van der Waals surface area contributed by atoms with Crippen LogP contribution in [0.1, 0.15) is 59.1 Å². The van der Waals surface area contributed by atoms with E-state index in [-0.39, 0.29) is 30.7 Å². The number of nitrogens with one attached hydrogen (secondary N) is 4. The van der Waals surface area contributed by atoms with Crippen molar-refractivity contribution in [2.24, 2.45) is 0 Å². The van der Waals surface area contributed by atoms with Crippen LogP contribution in [0.5, 0.6) is 0 Å². The fraction of sp³-hybridized carbons (Fsp3) is 0.241. The Balaban J connectivity index is 1.43. The largest absolute Gasteiger partial charge is 0.466 e. The number of H-pyrrole nitrogens is 1. The Kier molecular flexibility index (Phi) is 7.27. The van der Waals surface area contributed by atoms with Gasteiger partial charge in [-0.2, -0.15) is 0 Å². The molecule has 0 fully saturated rings. The molecule has 0 saturated heterocycles. The predicted octanol–water partition coefficient (Wildman–Crippen LogP) is 5.31. The summed E-state index contributed by atoms with van der Waals surface area (Å²) in [6.45, 7) is 2.01. The molecule has 0 bridgehead atoms. The highest BCUT2D eigenvalue weighted by Crippen LogP contribution is 2.37. The molecule has 10 heteroatoms. The summed E-state index contributed by atoms with van der Waals surface area (Å²) in [5.41, 5.74) is 5.09. The van der Waals surface area contributed by atoms with E-state index < -0.39 is 11.8 Å². The van der Waals surface area contributed by atoms with Gasteiger partial charge >= 0.3 is 12.0 Å². The minimum Gasteiger partial charge on any atom is -0.466 e. The van der Waals surface area contributed by atoms with Crippen LogP contribution in [-0.4, -0.2) is 35.3 Å². The third-order valence-electron chi connectivity index (χ3n) is 6.66. The van der Waals surface area contributed by atoms with E-state index in [4.69, 9.17) is 4.74 Å². The number of aromatic nitrogens is 1. The number of aromatic amines is 1. The maximum atomic E-state index is 13.1. The van der Waals surface area contributed by atoms with Gasteiger partial charge in [-0.15, -0.1) is 0 Å². The number of fused-ring (bicyclic) bond motifs is 2. The van der Waals surface area contributed by atoms with Crippen LogP contribution >= 0.6 is 0 Å². The van der Waals surface area contributed by atoms with E-state index in [2.05, 4.69) is 20.9 Å². The van der Waals surface area contributed by atoms with Gasteiger partial charge in [0.05, 0.1) is 12.2 Å². The van der Waals surface area contributed by atoms with Crippen LogP contribution in [0.3, 0.4) is 0 Å². The fourth-order valence-electron chi connectivity index (χ4n) is 4.92. The SMILES string of the molecule is CCOC(=O)CCc1c(C=C2C(=O)Nc3ccc(NC(=O)Nc4ccc(F)cc4)cc32)[nH]c2c1C(=O)CCC2. The number of hydrogen-bond acceptors (Lipinski definition) is 5. The van der Waals surface area contributed by atoms with Crippen LogP contribution in [0, 0.1) is 5.82 Å². The molecule has 1 aromatic heterocycles. The molecule has 200 valence electrons. The van der Waals surface area contributed by atoms with E-state index in [9.17, 15) is 23.6 Å². The van der Waals surface area contributed by atoms with E-state index in [0.29, 0.717) is 64.3 Å². The molecule has 1 aliphatic carbocycles. The summed E-state index contributed by atoms with van der Waals surface area (Å²) in [6.07, 6.45) is 3.98. The molecule has 5 rings (SSSR count). The topological polar surface area (TPSA) is 129 Å². The minimum atomic E-state index is -0.527. The predicted molar refractivity (Wildman–Crippen MR) is 145 cm³/mol. The average molecular weight is 531 g/mol. The first-order valence-electron chi connectivity index (χ1n) is 12.8. The van der Waals surface area contributed by atoms with Crippen LogP contribution in [0.25, 0.3) is 11.6 Å². The van der Waals surface area contributed by atoms with Crippen LogP contribution in [-0.2, 0) is 27.2 Å². The van der Waals surface area contributed by atoms with Crippen molar-refractivity contribution < 1.29 is 28.3 Å². The molecule has 0 spiro atoms. The molecule has 3 amide bonds. The van der Waals surface area contributed by atoms with Gasteiger partial charge in [-0.25, -0.2) is 9.18 Å². The zero-order valence-electron chi connectivity index (χ0n) is 21.3. The molecule has 0 saturated carbocycles. The number of benzene rings is 2. The molecular weight excluding hydrogens is 503 g/mol. The van der Waals surface area contributed by atoms with Crippen molar-refractivity contribution in [2.75, 3.05) is 22.6 Å². The summed E-state index contributed by atoms with van der Waals surface area (Å²) in [5.74, 6) is -1.07. The highest BCUT2D eigenvalue weighted by atomic mass is 19.1. The Hall–Kier alpha value is -4.73. The number of aryl methyl sites for hydroxylation is 1. The summed E-state index contributed by atoms with van der Waals surface area (Å²) in [6, 6.07) is 9.87. The molecule has 2 heterocycles. The van der Waals surface area contributed by atoms with Crippen molar-refractivity contribution in [3.63, 3.8) is 0 Å². The highest BCUT2D eigenvalue weighted by molar-refractivity contribution is 6.35. The van der Waals surface area contributed by atoms with Gasteiger partial charge in [-0.05, 0) is 80.3 Å². The summed E-state index contributed by atoms with van der Waals surface area (Å²) >= 11 is 0. The Morgan fingerprint density at radius 2 is 1.79 bits per heavy atom. The van der Waals surface area contributed by atoms with Gasteiger partial charge < -0.3 is 25.7 Å². The molecule has 4 N–H and O–H groups in total. The first kappa shape index (κ1) is 25.9. The number of Topliss-reactive ketones (excluding diaryl/α,β-unsaturated/α-hetero) is 1. The monoisotopic (exact) mass is 530 g/mol. The van der Waals surface area contributed by atoms with Crippen molar-refractivity contribution in [1.29, 1.82) is 0 Å². The first-order valence-corrected chi connectivity index (χ1v) is 12.8. The van der Waals surface area contributed by atoms with Crippen molar-refractivity contribution >= 4 is 52.4 Å². The van der Waals surface area contributed by atoms with Crippen molar-refractivity contribution in [3.05, 3.63) is 76.4 Å². The Bertz CT molecular complexity index is 1510. The maximum absolute atomic E-state index is 13.1. The van der Waals surface area contributed by atoms with Gasteiger partial charge in [0.25, 0.3) is 5.91 Å². The molecule has 39 heavy (non-hydrogen) atoms. The lowest BCUT2D eigenvalue weighted by atomic mass is 9.91. The molecule has 3 aromatic rings. The van der Waals surface area contributed by atoms with Crippen molar-refractivity contribution in [3.8, 4) is 0 Å². The summed E-state index contributed by atoms with van der Waals surface area (Å²) < 4.78 is 18.2. The molecule has 0 unspecified atom stereocenters. The second-order valence-electron chi connectivity index (χ2n) is 9.31. The zero-order valence-corrected chi connectivity index (χ0v) is 21.3. The third-order valence-corrected chi connectivity index (χ3v) is 6.66. The molecular formula is C29H27FN4O5. The quantitative estimate of drug-likeness (QED) is 0.243. The van der Waals surface area contributed by atoms with E-state index in [1.54, 1.807) is 31.2 Å². The number of carbonyl (C=O) groups excluding carboxylic acids is 4. The second-order valence-corrected chi connectivity index (χ2v) is 9.31. The van der Waals surface area contributed by atoms with Crippen LogP contribution < -0.4 is 16.0 Å². The number of urea groups is 1. The average Bonchev–Trinajstić information content (AvgIpc) is 3.41. The van der Waals surface area contributed by atoms with Gasteiger partial charge in [-0.3, -0.25) is 14.4 Å². The number of ketones is 1.